The first-order chi connectivity index (χ1) is 18.4. The molecule has 0 saturated carbocycles. The second-order valence-corrected chi connectivity index (χ2v) is 24.9. The van der Waals surface area contributed by atoms with Crippen LogP contribution in [0.5, 0.6) is 0 Å². The van der Waals surface area contributed by atoms with Crippen LogP contribution in [0.1, 0.15) is 72.0 Å². The summed E-state index contributed by atoms with van der Waals surface area (Å²) in [6, 6.07) is 13.0. The number of furan rings is 1. The van der Waals surface area contributed by atoms with E-state index in [1.165, 1.54) is 68.5 Å². The predicted molar refractivity (Wildman–Crippen MR) is 165 cm³/mol. The van der Waals surface area contributed by atoms with Gasteiger partial charge in [0.1, 0.15) is 0 Å². The molecule has 38 heavy (non-hydrogen) atoms. The van der Waals surface area contributed by atoms with E-state index in [1.807, 2.05) is 12.1 Å². The van der Waals surface area contributed by atoms with Crippen molar-refractivity contribution in [1.82, 2.24) is 4.90 Å². The number of benzene rings is 1. The summed E-state index contributed by atoms with van der Waals surface area (Å²) < 4.78 is 17.4. The fourth-order valence-electron chi connectivity index (χ4n) is 5.04. The number of ether oxygens (including phenoxy) is 1. The molecule has 1 saturated heterocycles. The summed E-state index contributed by atoms with van der Waals surface area (Å²) in [5, 5.41) is 0. The Balaban J connectivity index is 1.85. The first kappa shape index (κ1) is 31.0. The molecule has 2 aromatic rings. The number of rotatable bonds is 15. The van der Waals surface area contributed by atoms with Crippen molar-refractivity contribution in [3.05, 3.63) is 47.1 Å². The number of esters is 1. The van der Waals surface area contributed by atoms with E-state index in [-0.39, 0.29) is 19.1 Å². The molecule has 2 heterocycles. The molecule has 3 rings (SSSR count). The monoisotopic (exact) mass is 663 g/mol. The van der Waals surface area contributed by atoms with Crippen LogP contribution in [-0.2, 0) is 14.3 Å². The predicted octanol–water partition coefficient (Wildman–Crippen LogP) is 7.77. The molecule has 0 spiro atoms. The number of nitrogens with zero attached hydrogens (tertiary/aromatic N) is 1. The van der Waals surface area contributed by atoms with Crippen molar-refractivity contribution < 1.29 is 18.7 Å². The first-order valence-corrected chi connectivity index (χ1v) is 22.7. The van der Waals surface area contributed by atoms with Crippen LogP contribution in [-0.4, -0.2) is 52.6 Å². The molecule has 0 radical (unpaired) electrons. The molecule has 1 aromatic heterocycles. The van der Waals surface area contributed by atoms with E-state index < -0.39 is 24.3 Å². The molecule has 0 bridgehead atoms. The van der Waals surface area contributed by atoms with Crippen LogP contribution < -0.4 is 3.58 Å². The first-order valence-electron chi connectivity index (χ1n) is 14.0. The zero-order valence-electron chi connectivity index (χ0n) is 23.2. The Bertz CT molecular complexity index is 1120. The summed E-state index contributed by atoms with van der Waals surface area (Å²) in [5.74, 6) is 0.639. The van der Waals surface area contributed by atoms with E-state index >= 15 is 0 Å². The van der Waals surface area contributed by atoms with Crippen molar-refractivity contribution >= 4 is 68.2 Å². The van der Waals surface area contributed by atoms with E-state index in [0.29, 0.717) is 15.0 Å². The molecule has 1 amide bonds. The minimum absolute atomic E-state index is 0.173. The maximum absolute atomic E-state index is 12.9. The van der Waals surface area contributed by atoms with Crippen LogP contribution >= 0.6 is 24.0 Å². The Morgan fingerprint density at radius 1 is 1.03 bits per heavy atom. The van der Waals surface area contributed by atoms with Crippen LogP contribution in [0.2, 0.25) is 13.3 Å². The molecule has 1 aliphatic rings. The molecular formula is C30H41NO4S2Sn. The molecule has 1 aromatic carbocycles. The fraction of sp³-hybridized carbons (Fsp3) is 0.500. The fourth-order valence-corrected chi connectivity index (χ4v) is 22.3. The summed E-state index contributed by atoms with van der Waals surface area (Å²) in [7, 11) is 0. The Morgan fingerprint density at radius 2 is 1.68 bits per heavy atom. The molecular weight excluding hydrogens is 621 g/mol. The van der Waals surface area contributed by atoms with Crippen molar-refractivity contribution in [1.29, 1.82) is 0 Å². The molecule has 0 N–H and O–H groups in total. The zero-order valence-corrected chi connectivity index (χ0v) is 27.7. The summed E-state index contributed by atoms with van der Waals surface area (Å²) in [5.41, 5.74) is 1.10. The van der Waals surface area contributed by atoms with Gasteiger partial charge in [0.2, 0.25) is 0 Å². The summed E-state index contributed by atoms with van der Waals surface area (Å²) in [6.45, 7) is 8.75. The van der Waals surface area contributed by atoms with E-state index in [1.54, 1.807) is 16.6 Å². The van der Waals surface area contributed by atoms with Gasteiger partial charge in [0.05, 0.1) is 6.61 Å². The van der Waals surface area contributed by atoms with E-state index in [9.17, 15) is 9.59 Å². The van der Waals surface area contributed by atoms with Gasteiger partial charge in [-0.1, -0.05) is 0 Å². The molecule has 0 unspecified atom stereocenters. The molecule has 0 atom stereocenters. The van der Waals surface area contributed by atoms with Crippen molar-refractivity contribution in [2.24, 2.45) is 0 Å². The normalized spacial score (nSPS) is 15.1. The van der Waals surface area contributed by atoms with Crippen LogP contribution in [0.25, 0.3) is 17.4 Å². The van der Waals surface area contributed by atoms with Gasteiger partial charge in [-0.05, 0) is 6.92 Å². The second-order valence-electron chi connectivity index (χ2n) is 9.95. The van der Waals surface area contributed by atoms with Crippen molar-refractivity contribution in [3.8, 4) is 11.3 Å². The van der Waals surface area contributed by atoms with Gasteiger partial charge in [-0.2, -0.15) is 0 Å². The Hall–Kier alpha value is -1.58. The SMILES string of the molecule is CCC[CH2][Sn]([CH2]CCC)([CH2]CCC)[c]1cccc(-c2ccc(/C=C3\SC(=S)N(CC(=O)OCC)C3=O)o2)c1. The standard InChI is InChI=1S/C18H14NO4S2.3C4H9.Sn/c1-2-22-16(20)11-19-17(21)15(25-18(19)24)10-13-8-9-14(23-13)12-6-4-3-5-7-12;3*1-3-4-2;/h3-4,6-10H,2,11H2,1H3;3*1,3-4H2,2H3;/b15-10-;;;;. The molecule has 5 nitrogen and oxygen atoms in total. The molecule has 1 fully saturated rings. The summed E-state index contributed by atoms with van der Waals surface area (Å²) in [6.07, 6.45) is 9.45. The number of amides is 1. The molecule has 1 aliphatic heterocycles. The van der Waals surface area contributed by atoms with E-state index in [2.05, 4.69) is 45.0 Å². The third kappa shape index (κ3) is 7.98. The number of thiocarbonyl (C=S) groups is 1. The van der Waals surface area contributed by atoms with Crippen molar-refractivity contribution in [2.45, 2.75) is 79.5 Å². The zero-order chi connectivity index (χ0) is 27.5. The Labute approximate surface area is 241 Å². The number of hydrogen-bond acceptors (Lipinski definition) is 6. The molecule has 206 valence electrons. The molecule has 8 heteroatoms. The van der Waals surface area contributed by atoms with Gasteiger partial charge < -0.3 is 4.74 Å². The Morgan fingerprint density at radius 3 is 2.29 bits per heavy atom. The number of carbonyl (C=O) groups is 2. The van der Waals surface area contributed by atoms with Gasteiger partial charge >= 0.3 is 220 Å². The van der Waals surface area contributed by atoms with Crippen molar-refractivity contribution in [3.63, 3.8) is 0 Å². The van der Waals surface area contributed by atoms with Crippen LogP contribution in [0.15, 0.2) is 45.7 Å². The van der Waals surface area contributed by atoms with E-state index in [4.69, 9.17) is 21.4 Å². The number of unbranched alkanes of at least 4 members (excludes halogenated alkanes) is 3. The van der Waals surface area contributed by atoms with Gasteiger partial charge in [-0.3, -0.25) is 4.79 Å². The van der Waals surface area contributed by atoms with Gasteiger partial charge in [0.15, 0.2) is 0 Å². The Kier molecular flexibility index (Phi) is 12.4. The third-order valence-corrected chi connectivity index (χ3v) is 24.1. The minimum atomic E-state index is -2.56. The average molecular weight is 663 g/mol. The van der Waals surface area contributed by atoms with Gasteiger partial charge in [0, 0.05) is 0 Å². The topological polar surface area (TPSA) is 59.8 Å². The second kappa shape index (κ2) is 15.3. The van der Waals surface area contributed by atoms with Crippen LogP contribution in [0.4, 0.5) is 0 Å². The number of hydrogen-bond donors (Lipinski definition) is 0. The average Bonchev–Trinajstić information content (AvgIpc) is 3.49. The summed E-state index contributed by atoms with van der Waals surface area (Å²) >= 11 is 3.95. The van der Waals surface area contributed by atoms with Crippen LogP contribution in [0.3, 0.4) is 0 Å². The number of carbonyl (C=O) groups excluding carboxylic acids is 2. The van der Waals surface area contributed by atoms with Crippen molar-refractivity contribution in [2.75, 3.05) is 13.2 Å². The van der Waals surface area contributed by atoms with Gasteiger partial charge in [-0.15, -0.1) is 0 Å². The van der Waals surface area contributed by atoms with Gasteiger partial charge in [0.25, 0.3) is 0 Å². The summed E-state index contributed by atoms with van der Waals surface area (Å²) in [4.78, 5) is 26.5. The van der Waals surface area contributed by atoms with Gasteiger partial charge in [-0.25, -0.2) is 0 Å². The molecule has 0 aliphatic carbocycles. The third-order valence-electron chi connectivity index (χ3n) is 7.15. The quantitative estimate of drug-likeness (QED) is 0.0841. The van der Waals surface area contributed by atoms with E-state index in [0.717, 1.165) is 11.3 Å². The number of thioether (sulfide) groups is 1. The maximum atomic E-state index is 12.9. The van der Waals surface area contributed by atoms with Crippen LogP contribution in [0, 0.1) is 0 Å².